The molecule has 10 heteroatoms. The molecule has 0 saturated carbocycles. The monoisotopic (exact) mass is 407 g/mol. The molecule has 0 bridgehead atoms. The largest absolute Gasteiger partial charge is 0.434 e. The van der Waals surface area contributed by atoms with Crippen LogP contribution in [0.4, 0.5) is 8.78 Å². The van der Waals surface area contributed by atoms with Crippen molar-refractivity contribution in [2.75, 3.05) is 38.3 Å². The third-order valence-corrected chi connectivity index (χ3v) is 4.23. The van der Waals surface area contributed by atoms with E-state index in [0.29, 0.717) is 31.2 Å². The summed E-state index contributed by atoms with van der Waals surface area (Å²) in [5.41, 5.74) is 1.47. The van der Waals surface area contributed by atoms with E-state index in [4.69, 9.17) is 4.74 Å². The van der Waals surface area contributed by atoms with Crippen molar-refractivity contribution < 1.29 is 26.7 Å². The molecule has 27 heavy (non-hydrogen) atoms. The molecule has 0 aliphatic heterocycles. The molecular weight excluding hydrogens is 380 g/mol. The molecule has 0 heterocycles. The second-order valence-electron chi connectivity index (χ2n) is 5.85. The third kappa shape index (κ3) is 10.7. The molecule has 1 aromatic carbocycles. The van der Waals surface area contributed by atoms with Gasteiger partial charge in [-0.3, -0.25) is 0 Å². The standard InChI is InChI=1S/C17H27F2N3O4S/c1-4-20-17(21-7-8-25-9-10-27(3,23)24)22-12-14-11-13(2)5-6-15(14)26-16(18)19/h5-6,11,16H,4,7-10,12H2,1-3H3,(H2,20,21,22). The summed E-state index contributed by atoms with van der Waals surface area (Å²) < 4.78 is 56.9. The number of guanidine groups is 1. The minimum atomic E-state index is -3.04. The summed E-state index contributed by atoms with van der Waals surface area (Å²) in [6, 6.07) is 4.95. The number of aryl methyl sites for hydroxylation is 1. The van der Waals surface area contributed by atoms with E-state index in [-0.39, 0.29) is 24.7 Å². The Balaban J connectivity index is 2.59. The van der Waals surface area contributed by atoms with Crippen LogP contribution < -0.4 is 15.4 Å². The summed E-state index contributed by atoms with van der Waals surface area (Å²) in [4.78, 5) is 4.37. The van der Waals surface area contributed by atoms with Crippen molar-refractivity contribution in [1.29, 1.82) is 0 Å². The van der Waals surface area contributed by atoms with Crippen LogP contribution >= 0.6 is 0 Å². The van der Waals surface area contributed by atoms with Crippen LogP contribution in [0.2, 0.25) is 0 Å². The molecule has 154 valence electrons. The topological polar surface area (TPSA) is 89.0 Å². The van der Waals surface area contributed by atoms with E-state index in [0.717, 1.165) is 11.8 Å². The first-order valence-electron chi connectivity index (χ1n) is 8.53. The lowest BCUT2D eigenvalue weighted by atomic mass is 10.1. The number of sulfone groups is 1. The van der Waals surface area contributed by atoms with Crippen molar-refractivity contribution in [3.05, 3.63) is 29.3 Å². The number of alkyl halides is 2. The van der Waals surface area contributed by atoms with Crippen molar-refractivity contribution in [2.24, 2.45) is 4.99 Å². The van der Waals surface area contributed by atoms with E-state index in [1.54, 1.807) is 12.1 Å². The fraction of sp³-hybridized carbons (Fsp3) is 0.588. The predicted molar refractivity (Wildman–Crippen MR) is 101 cm³/mol. The summed E-state index contributed by atoms with van der Waals surface area (Å²) in [7, 11) is -3.04. The number of hydrogen-bond donors (Lipinski definition) is 2. The van der Waals surface area contributed by atoms with Crippen LogP contribution in [0.25, 0.3) is 0 Å². The van der Waals surface area contributed by atoms with E-state index in [9.17, 15) is 17.2 Å². The van der Waals surface area contributed by atoms with Crippen molar-refractivity contribution in [1.82, 2.24) is 10.6 Å². The number of aliphatic imine (C=N–C) groups is 1. The zero-order valence-electron chi connectivity index (χ0n) is 15.8. The molecule has 0 unspecified atom stereocenters. The molecular formula is C17H27F2N3O4S. The second-order valence-corrected chi connectivity index (χ2v) is 8.11. The maximum absolute atomic E-state index is 12.5. The number of rotatable bonds is 11. The molecule has 0 radical (unpaired) electrons. The first-order chi connectivity index (χ1) is 12.7. The van der Waals surface area contributed by atoms with Crippen LogP contribution in [0, 0.1) is 6.92 Å². The fourth-order valence-electron chi connectivity index (χ4n) is 2.10. The lowest BCUT2D eigenvalue weighted by molar-refractivity contribution is -0.0504. The highest BCUT2D eigenvalue weighted by Gasteiger charge is 2.10. The van der Waals surface area contributed by atoms with Gasteiger partial charge in [0.1, 0.15) is 15.6 Å². The molecule has 0 amide bonds. The van der Waals surface area contributed by atoms with Gasteiger partial charge in [-0.1, -0.05) is 17.7 Å². The van der Waals surface area contributed by atoms with Crippen LogP contribution in [0.5, 0.6) is 5.75 Å². The first-order valence-corrected chi connectivity index (χ1v) is 10.6. The quantitative estimate of drug-likeness (QED) is 0.330. The average molecular weight is 407 g/mol. The van der Waals surface area contributed by atoms with Gasteiger partial charge in [0.15, 0.2) is 5.96 Å². The highest BCUT2D eigenvalue weighted by molar-refractivity contribution is 7.90. The van der Waals surface area contributed by atoms with Crippen molar-refractivity contribution in [2.45, 2.75) is 27.0 Å². The molecule has 2 N–H and O–H groups in total. The summed E-state index contributed by atoms with van der Waals surface area (Å²) in [6.07, 6.45) is 1.15. The second kappa shape index (κ2) is 11.7. The number of hydrogen-bond acceptors (Lipinski definition) is 5. The molecule has 0 atom stereocenters. The minimum absolute atomic E-state index is 0.0264. The Bertz CT molecular complexity index is 712. The smallest absolute Gasteiger partial charge is 0.387 e. The predicted octanol–water partition coefficient (Wildman–Crippen LogP) is 1.71. The Labute approximate surface area is 159 Å². The van der Waals surface area contributed by atoms with Crippen molar-refractivity contribution in [3.63, 3.8) is 0 Å². The number of nitrogens with zero attached hydrogens (tertiary/aromatic N) is 1. The highest BCUT2D eigenvalue weighted by atomic mass is 32.2. The summed E-state index contributed by atoms with van der Waals surface area (Å²) >= 11 is 0. The Hall–Kier alpha value is -1.94. The summed E-state index contributed by atoms with van der Waals surface area (Å²) in [5.74, 6) is 0.564. The molecule has 7 nitrogen and oxygen atoms in total. The molecule has 1 aromatic rings. The van der Waals surface area contributed by atoms with E-state index in [1.807, 2.05) is 13.8 Å². The first kappa shape index (κ1) is 23.1. The van der Waals surface area contributed by atoms with Gasteiger partial charge in [-0.2, -0.15) is 8.78 Å². The van der Waals surface area contributed by atoms with Gasteiger partial charge in [-0.25, -0.2) is 13.4 Å². The molecule has 0 aromatic heterocycles. The van der Waals surface area contributed by atoms with Crippen molar-refractivity contribution in [3.8, 4) is 5.75 Å². The number of halogens is 2. The Morgan fingerprint density at radius 2 is 2.00 bits per heavy atom. The Morgan fingerprint density at radius 3 is 2.63 bits per heavy atom. The van der Waals surface area contributed by atoms with Gasteiger partial charge in [-0.15, -0.1) is 0 Å². The van der Waals surface area contributed by atoms with Crippen LogP contribution in [0.3, 0.4) is 0 Å². The van der Waals surface area contributed by atoms with E-state index < -0.39 is 16.4 Å². The lowest BCUT2D eigenvalue weighted by Crippen LogP contribution is -2.39. The van der Waals surface area contributed by atoms with Gasteiger partial charge in [0, 0.05) is 24.9 Å². The molecule has 1 rings (SSSR count). The van der Waals surface area contributed by atoms with Crippen LogP contribution in [-0.2, 0) is 21.1 Å². The molecule has 0 fully saturated rings. The maximum Gasteiger partial charge on any atom is 0.387 e. The zero-order chi connectivity index (χ0) is 20.3. The molecule has 0 aliphatic carbocycles. The normalized spacial score (nSPS) is 12.3. The van der Waals surface area contributed by atoms with Gasteiger partial charge in [0.2, 0.25) is 0 Å². The minimum Gasteiger partial charge on any atom is -0.434 e. The van der Waals surface area contributed by atoms with Crippen LogP contribution in [-0.4, -0.2) is 59.3 Å². The molecule has 0 aliphatic rings. The zero-order valence-corrected chi connectivity index (χ0v) is 16.6. The molecule has 0 spiro atoms. The molecule has 0 saturated heterocycles. The van der Waals surface area contributed by atoms with E-state index >= 15 is 0 Å². The van der Waals surface area contributed by atoms with Gasteiger partial charge < -0.3 is 20.1 Å². The van der Waals surface area contributed by atoms with Crippen molar-refractivity contribution >= 4 is 15.8 Å². The van der Waals surface area contributed by atoms with Gasteiger partial charge in [-0.05, 0) is 19.9 Å². The van der Waals surface area contributed by atoms with Gasteiger partial charge in [0.25, 0.3) is 0 Å². The SMILES string of the molecule is CCNC(=NCc1cc(C)ccc1OC(F)F)NCCOCCS(C)(=O)=O. The maximum atomic E-state index is 12.5. The lowest BCUT2D eigenvalue weighted by Gasteiger charge is -2.13. The fourth-order valence-corrected chi connectivity index (χ4v) is 2.52. The van der Waals surface area contributed by atoms with Gasteiger partial charge in [0.05, 0.1) is 25.5 Å². The van der Waals surface area contributed by atoms with Crippen LogP contribution in [0.15, 0.2) is 23.2 Å². The number of benzene rings is 1. The Morgan fingerprint density at radius 1 is 1.26 bits per heavy atom. The van der Waals surface area contributed by atoms with E-state index in [1.165, 1.54) is 6.07 Å². The van der Waals surface area contributed by atoms with E-state index in [2.05, 4.69) is 20.4 Å². The number of nitrogens with one attached hydrogen (secondary N) is 2. The highest BCUT2D eigenvalue weighted by Crippen LogP contribution is 2.22. The van der Waals surface area contributed by atoms with Gasteiger partial charge >= 0.3 is 6.61 Å². The third-order valence-electron chi connectivity index (χ3n) is 3.32. The number of ether oxygens (including phenoxy) is 2. The van der Waals surface area contributed by atoms with Crippen LogP contribution in [0.1, 0.15) is 18.1 Å². The summed E-state index contributed by atoms with van der Waals surface area (Å²) in [5, 5.41) is 6.08. The average Bonchev–Trinajstić information content (AvgIpc) is 2.56. The Kier molecular flexibility index (Phi) is 10.0. The summed E-state index contributed by atoms with van der Waals surface area (Å²) in [6.45, 7) is 2.50.